The molecule has 8 heteroatoms. The number of hydrogen-bond donors (Lipinski definition) is 1. The molecule has 7 nitrogen and oxygen atoms in total. The first-order valence-corrected chi connectivity index (χ1v) is 15.2. The zero-order valence-corrected chi connectivity index (χ0v) is 25.1. The summed E-state index contributed by atoms with van der Waals surface area (Å²) >= 11 is 0. The van der Waals surface area contributed by atoms with Gasteiger partial charge in [-0.2, -0.15) is 0 Å². The number of sulfonamides is 1. The third-order valence-electron chi connectivity index (χ3n) is 7.10. The van der Waals surface area contributed by atoms with Crippen molar-refractivity contribution in [2.45, 2.75) is 77.4 Å². The summed E-state index contributed by atoms with van der Waals surface area (Å²) in [5.41, 5.74) is 3.21. The minimum Gasteiger partial charge on any atom is -0.352 e. The van der Waals surface area contributed by atoms with Crippen LogP contribution in [0.2, 0.25) is 0 Å². The van der Waals surface area contributed by atoms with Gasteiger partial charge in [-0.05, 0) is 68.5 Å². The van der Waals surface area contributed by atoms with Gasteiger partial charge >= 0.3 is 0 Å². The van der Waals surface area contributed by atoms with Crippen molar-refractivity contribution in [2.75, 3.05) is 10.8 Å². The Kier molecular flexibility index (Phi) is 10.5. The zero-order valence-electron chi connectivity index (χ0n) is 24.3. The van der Waals surface area contributed by atoms with Gasteiger partial charge in [0.25, 0.3) is 10.0 Å². The fraction of sp³-hybridized carbons (Fsp3) is 0.375. The van der Waals surface area contributed by atoms with E-state index >= 15 is 0 Å². The number of nitrogens with zero attached hydrogens (tertiary/aromatic N) is 2. The number of aryl methyl sites for hydroxylation is 1. The molecule has 214 valence electrons. The molecule has 0 aliphatic carbocycles. The van der Waals surface area contributed by atoms with E-state index in [1.807, 2.05) is 63.2 Å². The maximum atomic E-state index is 14.0. The molecule has 3 aromatic rings. The maximum Gasteiger partial charge on any atom is 0.264 e. The molecule has 2 unspecified atom stereocenters. The van der Waals surface area contributed by atoms with Crippen molar-refractivity contribution in [1.82, 2.24) is 10.2 Å². The zero-order chi connectivity index (χ0) is 29.4. The van der Waals surface area contributed by atoms with E-state index in [2.05, 4.69) is 19.2 Å². The van der Waals surface area contributed by atoms with Gasteiger partial charge in [-0.1, -0.05) is 80.9 Å². The van der Waals surface area contributed by atoms with Crippen molar-refractivity contribution < 1.29 is 18.0 Å². The van der Waals surface area contributed by atoms with Crippen LogP contribution in [0.5, 0.6) is 0 Å². The molecule has 0 spiro atoms. The third kappa shape index (κ3) is 7.72. The highest BCUT2D eigenvalue weighted by Crippen LogP contribution is 2.27. The number of carbonyl (C=O) groups is 2. The molecule has 0 saturated heterocycles. The molecule has 0 bridgehead atoms. The molecule has 40 heavy (non-hydrogen) atoms. The third-order valence-corrected chi connectivity index (χ3v) is 8.89. The number of nitrogens with one attached hydrogen (secondary N) is 1. The van der Waals surface area contributed by atoms with Crippen LogP contribution in [0.3, 0.4) is 0 Å². The molecule has 0 saturated carbocycles. The van der Waals surface area contributed by atoms with Crippen LogP contribution < -0.4 is 9.62 Å². The highest BCUT2D eigenvalue weighted by Gasteiger charge is 2.32. The standard InChI is InChI=1S/C32H41N3O4S/c1-7-25(5)33-32(37)26(6)34(21-27-11-9-8-10-12-27)31(36)22-35(29-17-15-28(16-18-29)23(2)3)40(38,39)30-19-13-24(4)14-20-30/h8-20,23,25-26H,7,21-22H2,1-6H3,(H,33,37). The van der Waals surface area contributed by atoms with Gasteiger partial charge in [-0.25, -0.2) is 8.42 Å². The van der Waals surface area contributed by atoms with Gasteiger partial charge in [-0.15, -0.1) is 0 Å². The van der Waals surface area contributed by atoms with Crippen molar-refractivity contribution in [2.24, 2.45) is 0 Å². The Morgan fingerprint density at radius 2 is 1.45 bits per heavy atom. The minimum atomic E-state index is -4.09. The van der Waals surface area contributed by atoms with Crippen LogP contribution in [0.4, 0.5) is 5.69 Å². The molecular weight excluding hydrogens is 522 g/mol. The Morgan fingerprint density at radius 1 is 0.850 bits per heavy atom. The highest BCUT2D eigenvalue weighted by atomic mass is 32.2. The van der Waals surface area contributed by atoms with E-state index in [4.69, 9.17) is 0 Å². The van der Waals surface area contributed by atoms with Crippen molar-refractivity contribution in [1.29, 1.82) is 0 Å². The Morgan fingerprint density at radius 3 is 2.00 bits per heavy atom. The van der Waals surface area contributed by atoms with Crippen molar-refractivity contribution in [3.63, 3.8) is 0 Å². The predicted molar refractivity (Wildman–Crippen MR) is 161 cm³/mol. The summed E-state index contributed by atoms with van der Waals surface area (Å²) in [5, 5.41) is 2.95. The first kappa shape index (κ1) is 30.9. The fourth-order valence-corrected chi connectivity index (χ4v) is 5.63. The Balaban J connectivity index is 2.02. The van der Waals surface area contributed by atoms with Gasteiger partial charge < -0.3 is 10.2 Å². The SMILES string of the molecule is CCC(C)NC(=O)C(C)N(Cc1ccccc1)C(=O)CN(c1ccc(C(C)C)cc1)S(=O)(=O)c1ccc(C)cc1. The summed E-state index contributed by atoms with van der Waals surface area (Å²) in [6.07, 6.45) is 0.750. The van der Waals surface area contributed by atoms with Gasteiger partial charge in [0.2, 0.25) is 11.8 Å². The van der Waals surface area contributed by atoms with E-state index in [1.165, 1.54) is 4.90 Å². The second-order valence-electron chi connectivity index (χ2n) is 10.6. The molecule has 0 aliphatic rings. The lowest BCUT2D eigenvalue weighted by atomic mass is 10.0. The maximum absolute atomic E-state index is 14.0. The topological polar surface area (TPSA) is 86.8 Å². The quantitative estimate of drug-likeness (QED) is 0.309. The summed E-state index contributed by atoms with van der Waals surface area (Å²) < 4.78 is 29.0. The van der Waals surface area contributed by atoms with Gasteiger partial charge in [0.1, 0.15) is 12.6 Å². The first-order valence-electron chi connectivity index (χ1n) is 13.8. The fourth-order valence-electron chi connectivity index (χ4n) is 4.22. The number of hydrogen-bond acceptors (Lipinski definition) is 4. The molecule has 2 atom stereocenters. The lowest BCUT2D eigenvalue weighted by molar-refractivity contribution is -0.139. The van der Waals surface area contributed by atoms with Crippen LogP contribution in [-0.4, -0.2) is 43.8 Å². The molecule has 0 fully saturated rings. The first-order chi connectivity index (χ1) is 18.9. The lowest BCUT2D eigenvalue weighted by Gasteiger charge is -2.32. The largest absolute Gasteiger partial charge is 0.352 e. The molecule has 3 aromatic carbocycles. The van der Waals surface area contributed by atoms with E-state index < -0.39 is 28.5 Å². The molecule has 3 rings (SSSR count). The average molecular weight is 564 g/mol. The summed E-state index contributed by atoms with van der Waals surface area (Å²) in [6, 6.07) is 22.3. The number of benzene rings is 3. The van der Waals surface area contributed by atoms with Crippen LogP contribution in [0.1, 0.15) is 63.6 Å². The normalized spacial score (nSPS) is 13.0. The monoisotopic (exact) mass is 563 g/mol. The molecule has 0 radical (unpaired) electrons. The molecule has 0 aliphatic heterocycles. The van der Waals surface area contributed by atoms with Crippen LogP contribution >= 0.6 is 0 Å². The van der Waals surface area contributed by atoms with E-state index in [9.17, 15) is 18.0 Å². The Hall–Kier alpha value is -3.65. The number of anilines is 1. The Labute approximate surface area is 239 Å². The number of amides is 2. The lowest BCUT2D eigenvalue weighted by Crippen LogP contribution is -2.52. The smallest absolute Gasteiger partial charge is 0.264 e. The van der Waals surface area contributed by atoms with Crippen molar-refractivity contribution in [3.8, 4) is 0 Å². The second kappa shape index (κ2) is 13.6. The van der Waals surface area contributed by atoms with Crippen molar-refractivity contribution in [3.05, 3.63) is 95.6 Å². The predicted octanol–water partition coefficient (Wildman–Crippen LogP) is 5.65. The van der Waals surface area contributed by atoms with Crippen LogP contribution in [0.15, 0.2) is 83.8 Å². The molecule has 2 amide bonds. The van der Waals surface area contributed by atoms with E-state index in [-0.39, 0.29) is 29.3 Å². The average Bonchev–Trinajstić information content (AvgIpc) is 2.94. The summed E-state index contributed by atoms with van der Waals surface area (Å²) in [7, 11) is -4.09. The minimum absolute atomic E-state index is 0.0542. The van der Waals surface area contributed by atoms with E-state index in [0.29, 0.717) is 5.69 Å². The summed E-state index contributed by atoms with van der Waals surface area (Å²) in [4.78, 5) is 28.6. The van der Waals surface area contributed by atoms with Crippen LogP contribution in [0, 0.1) is 6.92 Å². The van der Waals surface area contributed by atoms with E-state index in [0.717, 1.165) is 27.4 Å². The van der Waals surface area contributed by atoms with Gasteiger partial charge in [0.15, 0.2) is 0 Å². The molecule has 0 aromatic heterocycles. The summed E-state index contributed by atoms with van der Waals surface area (Å²) in [6.45, 7) is 11.3. The molecular formula is C32H41N3O4S. The van der Waals surface area contributed by atoms with Gasteiger partial charge in [-0.3, -0.25) is 13.9 Å². The second-order valence-corrected chi connectivity index (χ2v) is 12.4. The van der Waals surface area contributed by atoms with Gasteiger partial charge in [0.05, 0.1) is 10.6 Å². The van der Waals surface area contributed by atoms with Crippen LogP contribution in [0.25, 0.3) is 0 Å². The van der Waals surface area contributed by atoms with Gasteiger partial charge in [0, 0.05) is 12.6 Å². The molecule has 1 N–H and O–H groups in total. The molecule has 0 heterocycles. The number of rotatable bonds is 12. The number of carbonyl (C=O) groups excluding carboxylic acids is 2. The summed E-state index contributed by atoms with van der Waals surface area (Å²) in [5.74, 6) is -0.490. The van der Waals surface area contributed by atoms with Crippen LogP contribution in [-0.2, 0) is 26.2 Å². The Bertz CT molecular complexity index is 1370. The van der Waals surface area contributed by atoms with E-state index in [1.54, 1.807) is 43.3 Å². The highest BCUT2D eigenvalue weighted by molar-refractivity contribution is 7.92. The van der Waals surface area contributed by atoms with Crippen molar-refractivity contribution >= 4 is 27.5 Å².